The third kappa shape index (κ3) is 15.4. The van der Waals surface area contributed by atoms with Crippen molar-refractivity contribution in [2.75, 3.05) is 12.3 Å². The van der Waals surface area contributed by atoms with E-state index in [4.69, 9.17) is 0 Å². The van der Waals surface area contributed by atoms with E-state index in [-0.39, 0.29) is 0 Å². The Balaban J connectivity index is 0.000000304. The van der Waals surface area contributed by atoms with Crippen LogP contribution in [0.25, 0.3) is 11.1 Å². The van der Waals surface area contributed by atoms with Gasteiger partial charge in [-0.1, -0.05) is 147 Å². The van der Waals surface area contributed by atoms with Crippen molar-refractivity contribution in [1.29, 1.82) is 0 Å². The Kier molecular flexibility index (Phi) is 18.0. The van der Waals surface area contributed by atoms with E-state index in [1.165, 1.54) is 101 Å². The second-order valence-electron chi connectivity index (χ2n) is 7.94. The second-order valence-corrected chi connectivity index (χ2v) is 9.28. The van der Waals surface area contributed by atoms with Crippen LogP contribution in [-0.4, -0.2) is 12.3 Å². The molecule has 0 saturated carbocycles. The molecule has 0 fully saturated rings. The molecule has 0 nitrogen and oxygen atoms in total. The van der Waals surface area contributed by atoms with Crippen LogP contribution >= 0.6 is 8.58 Å². The molecular formula is C28H44P. The highest BCUT2D eigenvalue weighted by molar-refractivity contribution is 7.37. The average Bonchev–Trinajstić information content (AvgIpc) is 2.79. The smallest absolute Gasteiger partial charge is 0.0184 e. The normalized spacial score (nSPS) is 10.4. The molecule has 0 amide bonds. The number of unbranched alkanes of at least 4 members (excludes halogenated alkanes) is 10. The number of benzene rings is 2. The van der Waals surface area contributed by atoms with Crippen LogP contribution in [0.3, 0.4) is 0 Å². The molecule has 0 aromatic heterocycles. The van der Waals surface area contributed by atoms with Gasteiger partial charge in [-0.2, -0.15) is 0 Å². The standard InChI is InChI=1S/C16H34P.C12H10/c1-3-5-7-9-11-13-15-17-16-14-12-10-8-6-4-2;1-3-7-11(8-4-1)12-9-5-2-6-10-12/h3-16H2,1-2H3;1-10H. The minimum Gasteiger partial charge on any atom is -0.0810 e. The van der Waals surface area contributed by atoms with E-state index < -0.39 is 0 Å². The van der Waals surface area contributed by atoms with Crippen LogP contribution in [0, 0.1) is 0 Å². The zero-order valence-corrected chi connectivity index (χ0v) is 20.0. The number of rotatable bonds is 15. The molecule has 29 heavy (non-hydrogen) atoms. The Bertz CT molecular complexity index is 498. The Morgan fingerprint density at radius 2 is 0.793 bits per heavy atom. The van der Waals surface area contributed by atoms with E-state index >= 15 is 0 Å². The van der Waals surface area contributed by atoms with E-state index in [1.54, 1.807) is 8.58 Å². The molecule has 1 heteroatoms. The largest absolute Gasteiger partial charge is 0.0810 e. The first-order valence-corrected chi connectivity index (χ1v) is 13.4. The van der Waals surface area contributed by atoms with E-state index in [9.17, 15) is 0 Å². The van der Waals surface area contributed by atoms with E-state index in [1.807, 2.05) is 12.1 Å². The zero-order chi connectivity index (χ0) is 20.8. The fourth-order valence-electron chi connectivity index (χ4n) is 3.38. The molecule has 2 aromatic carbocycles. The van der Waals surface area contributed by atoms with Gasteiger partial charge in [0.25, 0.3) is 0 Å². The van der Waals surface area contributed by atoms with Crippen molar-refractivity contribution in [2.45, 2.75) is 90.9 Å². The molecule has 0 spiro atoms. The Morgan fingerprint density at radius 1 is 0.448 bits per heavy atom. The minimum absolute atomic E-state index is 1.28. The predicted octanol–water partition coefficient (Wildman–Crippen LogP) is 10.0. The highest BCUT2D eigenvalue weighted by Crippen LogP contribution is 2.18. The maximum atomic E-state index is 2.29. The predicted molar refractivity (Wildman–Crippen MR) is 135 cm³/mol. The van der Waals surface area contributed by atoms with Crippen molar-refractivity contribution < 1.29 is 0 Å². The molecule has 0 aliphatic carbocycles. The van der Waals surface area contributed by atoms with Gasteiger partial charge in [0.2, 0.25) is 0 Å². The molecule has 0 heterocycles. The van der Waals surface area contributed by atoms with Gasteiger partial charge in [-0.25, -0.2) is 0 Å². The molecule has 2 aromatic rings. The van der Waals surface area contributed by atoms with Crippen LogP contribution in [0.4, 0.5) is 0 Å². The summed E-state index contributed by atoms with van der Waals surface area (Å²) in [6.07, 6.45) is 20.3. The third-order valence-electron chi connectivity index (χ3n) is 5.22. The van der Waals surface area contributed by atoms with Crippen molar-refractivity contribution in [3.8, 4) is 11.1 Å². The number of hydrogen-bond donors (Lipinski definition) is 0. The van der Waals surface area contributed by atoms with Crippen molar-refractivity contribution in [3.05, 3.63) is 60.7 Å². The average molecular weight is 412 g/mol. The summed E-state index contributed by atoms with van der Waals surface area (Å²) in [6.45, 7) is 4.58. The van der Waals surface area contributed by atoms with Gasteiger partial charge in [0, 0.05) is 0 Å². The SMILES string of the molecule is CCCCCCCC[P]CCCCCCCC.c1ccc(-c2ccccc2)cc1. The lowest BCUT2D eigenvalue weighted by molar-refractivity contribution is 0.623. The van der Waals surface area contributed by atoms with E-state index in [0.717, 1.165) is 0 Å². The first-order valence-electron chi connectivity index (χ1n) is 12.1. The highest BCUT2D eigenvalue weighted by atomic mass is 31.1. The van der Waals surface area contributed by atoms with Crippen LogP contribution < -0.4 is 0 Å². The summed E-state index contributed by atoms with van der Waals surface area (Å²) in [5, 5.41) is 0. The summed E-state index contributed by atoms with van der Waals surface area (Å²) in [4.78, 5) is 0. The third-order valence-corrected chi connectivity index (χ3v) is 6.49. The minimum atomic E-state index is 1.28. The van der Waals surface area contributed by atoms with Gasteiger partial charge in [0.1, 0.15) is 0 Å². The number of hydrogen-bond acceptors (Lipinski definition) is 0. The quantitative estimate of drug-likeness (QED) is 0.202. The molecule has 0 N–H and O–H groups in total. The Morgan fingerprint density at radius 3 is 1.17 bits per heavy atom. The van der Waals surface area contributed by atoms with Gasteiger partial charge in [0.05, 0.1) is 0 Å². The molecule has 2 rings (SSSR count). The molecular weight excluding hydrogens is 367 g/mol. The lowest BCUT2D eigenvalue weighted by Gasteiger charge is -2.02. The van der Waals surface area contributed by atoms with Crippen molar-refractivity contribution in [2.24, 2.45) is 0 Å². The molecule has 0 unspecified atom stereocenters. The summed E-state index contributed by atoms with van der Waals surface area (Å²) in [5.74, 6) is 0. The lowest BCUT2D eigenvalue weighted by Crippen LogP contribution is -1.84. The summed E-state index contributed by atoms with van der Waals surface area (Å²) in [5.41, 5.74) is 2.55. The van der Waals surface area contributed by atoms with Crippen molar-refractivity contribution >= 4 is 8.58 Å². The zero-order valence-electron chi connectivity index (χ0n) is 19.1. The monoisotopic (exact) mass is 411 g/mol. The van der Waals surface area contributed by atoms with E-state index in [2.05, 4.69) is 62.4 Å². The fraction of sp³-hybridized carbons (Fsp3) is 0.571. The summed E-state index contributed by atoms with van der Waals surface area (Å²) < 4.78 is 0. The lowest BCUT2D eigenvalue weighted by atomic mass is 10.1. The molecule has 1 radical (unpaired) electrons. The Hall–Kier alpha value is -1.13. The fourth-order valence-corrected chi connectivity index (χ4v) is 4.50. The molecule has 0 bridgehead atoms. The van der Waals surface area contributed by atoms with Gasteiger partial charge >= 0.3 is 0 Å². The second kappa shape index (κ2) is 20.2. The molecule has 0 aliphatic heterocycles. The van der Waals surface area contributed by atoms with E-state index in [0.29, 0.717) is 0 Å². The summed E-state index contributed by atoms with van der Waals surface area (Å²) >= 11 is 0. The van der Waals surface area contributed by atoms with Crippen molar-refractivity contribution in [3.63, 3.8) is 0 Å². The van der Waals surface area contributed by atoms with Crippen LogP contribution in [0.15, 0.2) is 60.7 Å². The van der Waals surface area contributed by atoms with Crippen LogP contribution in [0.5, 0.6) is 0 Å². The van der Waals surface area contributed by atoms with Crippen LogP contribution in [0.1, 0.15) is 90.9 Å². The van der Waals surface area contributed by atoms with Gasteiger partial charge in [0.15, 0.2) is 0 Å². The van der Waals surface area contributed by atoms with Gasteiger partial charge in [-0.15, -0.1) is 0 Å². The first kappa shape index (κ1) is 25.9. The topological polar surface area (TPSA) is 0 Å². The molecule has 0 aliphatic rings. The van der Waals surface area contributed by atoms with Crippen LogP contribution in [-0.2, 0) is 0 Å². The highest BCUT2D eigenvalue weighted by Gasteiger charge is 1.94. The summed E-state index contributed by atoms with van der Waals surface area (Å²) in [7, 11) is 1.72. The van der Waals surface area contributed by atoms with Crippen molar-refractivity contribution in [1.82, 2.24) is 0 Å². The maximum Gasteiger partial charge on any atom is -0.0184 e. The first-order chi connectivity index (χ1) is 14.4. The van der Waals surface area contributed by atoms with Crippen LogP contribution in [0.2, 0.25) is 0 Å². The molecule has 0 atom stereocenters. The molecule has 0 saturated heterocycles. The van der Waals surface area contributed by atoms with Gasteiger partial charge in [-0.3, -0.25) is 0 Å². The summed E-state index contributed by atoms with van der Waals surface area (Å²) in [6, 6.07) is 20.8. The van der Waals surface area contributed by atoms with Gasteiger partial charge < -0.3 is 0 Å². The maximum absolute atomic E-state index is 2.29. The molecule has 161 valence electrons. The van der Waals surface area contributed by atoms with Gasteiger partial charge in [-0.05, 0) is 36.3 Å². The Labute approximate surface area is 183 Å².